The number of rotatable bonds is 6. The van der Waals surface area contributed by atoms with Crippen LogP contribution in [0, 0.1) is 0 Å². The molecule has 0 bridgehead atoms. The average molecular weight is 348 g/mol. The fourth-order valence-electron chi connectivity index (χ4n) is 2.91. The van der Waals surface area contributed by atoms with Gasteiger partial charge in [-0.15, -0.1) is 0 Å². The first-order valence-electron chi connectivity index (χ1n) is 8.69. The zero-order valence-corrected chi connectivity index (χ0v) is 15.4. The van der Waals surface area contributed by atoms with Gasteiger partial charge in [0.2, 0.25) is 5.91 Å². The highest BCUT2D eigenvalue weighted by Crippen LogP contribution is 2.20. The van der Waals surface area contributed by atoms with Gasteiger partial charge in [-0.3, -0.25) is 9.69 Å². The molecule has 4 nitrogen and oxygen atoms in total. The smallest absolute Gasteiger partial charge is 0.241 e. The number of nitrogens with zero attached hydrogens (tertiary/aromatic N) is 1. The van der Waals surface area contributed by atoms with Gasteiger partial charge in [-0.1, -0.05) is 42.5 Å². The number of carbonyl (C=O) groups is 1. The standard InChI is InChI=1S/C22H24N2O2/c1-16(24(2)15-17-7-6-10-21(13-17)26-3)22(25)23-20-12-11-18-8-4-5-9-19(18)14-20/h4-14,16H,15H2,1-3H3,(H,23,25)/t16-/m1/s1. The highest BCUT2D eigenvalue weighted by Gasteiger charge is 2.18. The lowest BCUT2D eigenvalue weighted by Gasteiger charge is -2.24. The van der Waals surface area contributed by atoms with Crippen LogP contribution >= 0.6 is 0 Å². The topological polar surface area (TPSA) is 41.6 Å². The molecule has 26 heavy (non-hydrogen) atoms. The molecule has 4 heteroatoms. The summed E-state index contributed by atoms with van der Waals surface area (Å²) in [6.45, 7) is 2.58. The van der Waals surface area contributed by atoms with E-state index in [4.69, 9.17) is 4.74 Å². The molecule has 3 aromatic rings. The molecule has 0 aliphatic rings. The summed E-state index contributed by atoms with van der Waals surface area (Å²) in [5.74, 6) is 0.801. The lowest BCUT2D eigenvalue weighted by Crippen LogP contribution is -2.39. The number of nitrogens with one attached hydrogen (secondary N) is 1. The number of benzene rings is 3. The number of carbonyl (C=O) groups excluding carboxylic acids is 1. The second-order valence-electron chi connectivity index (χ2n) is 6.49. The van der Waals surface area contributed by atoms with E-state index in [0.29, 0.717) is 6.54 Å². The molecule has 0 aliphatic heterocycles. The molecule has 3 rings (SSSR count). The maximum absolute atomic E-state index is 12.6. The van der Waals surface area contributed by atoms with Gasteiger partial charge in [0.15, 0.2) is 0 Å². The summed E-state index contributed by atoms with van der Waals surface area (Å²) in [5.41, 5.74) is 1.92. The highest BCUT2D eigenvalue weighted by molar-refractivity contribution is 5.97. The Morgan fingerprint density at radius 1 is 1.04 bits per heavy atom. The zero-order chi connectivity index (χ0) is 18.5. The largest absolute Gasteiger partial charge is 0.497 e. The van der Waals surface area contributed by atoms with Crippen molar-refractivity contribution in [2.45, 2.75) is 19.5 Å². The van der Waals surface area contributed by atoms with Crippen molar-refractivity contribution in [3.63, 3.8) is 0 Å². The average Bonchev–Trinajstić information content (AvgIpc) is 2.67. The van der Waals surface area contributed by atoms with Crippen molar-refractivity contribution >= 4 is 22.4 Å². The van der Waals surface area contributed by atoms with Gasteiger partial charge in [0.25, 0.3) is 0 Å². The highest BCUT2D eigenvalue weighted by atomic mass is 16.5. The van der Waals surface area contributed by atoms with Gasteiger partial charge in [-0.2, -0.15) is 0 Å². The van der Waals surface area contributed by atoms with Gasteiger partial charge in [-0.05, 0) is 54.6 Å². The van der Waals surface area contributed by atoms with Gasteiger partial charge >= 0.3 is 0 Å². The van der Waals surface area contributed by atoms with Crippen LogP contribution in [-0.2, 0) is 11.3 Å². The summed E-state index contributed by atoms with van der Waals surface area (Å²) in [6.07, 6.45) is 0. The van der Waals surface area contributed by atoms with Crippen LogP contribution in [0.5, 0.6) is 5.75 Å². The fraction of sp³-hybridized carbons (Fsp3) is 0.227. The van der Waals surface area contributed by atoms with E-state index in [-0.39, 0.29) is 11.9 Å². The number of likely N-dealkylation sites (N-methyl/N-ethyl adjacent to an activating group) is 1. The molecule has 0 heterocycles. The maximum Gasteiger partial charge on any atom is 0.241 e. The number of hydrogen-bond acceptors (Lipinski definition) is 3. The quantitative estimate of drug-likeness (QED) is 0.722. The Bertz CT molecular complexity index is 907. The minimum atomic E-state index is -0.257. The first kappa shape index (κ1) is 18.0. The molecule has 0 saturated heterocycles. The van der Waals surface area contributed by atoms with Gasteiger partial charge in [0.05, 0.1) is 13.2 Å². The van der Waals surface area contributed by atoms with Crippen molar-refractivity contribution in [2.75, 3.05) is 19.5 Å². The molecule has 1 atom stereocenters. The minimum Gasteiger partial charge on any atom is -0.497 e. The van der Waals surface area contributed by atoms with Crippen LogP contribution in [0.15, 0.2) is 66.7 Å². The van der Waals surface area contributed by atoms with Crippen LogP contribution in [0.1, 0.15) is 12.5 Å². The summed E-state index contributed by atoms with van der Waals surface area (Å²) in [7, 11) is 3.60. The number of amides is 1. The third-order valence-electron chi connectivity index (χ3n) is 4.62. The molecule has 134 valence electrons. The van der Waals surface area contributed by atoms with E-state index >= 15 is 0 Å². The Balaban J connectivity index is 1.65. The minimum absolute atomic E-state index is 0.0225. The van der Waals surface area contributed by atoms with Crippen LogP contribution in [0.2, 0.25) is 0 Å². The Hall–Kier alpha value is -2.85. The fourth-order valence-corrected chi connectivity index (χ4v) is 2.91. The predicted molar refractivity (Wildman–Crippen MR) is 107 cm³/mol. The van der Waals surface area contributed by atoms with Crippen molar-refractivity contribution in [3.8, 4) is 5.75 Å². The summed E-state index contributed by atoms with van der Waals surface area (Å²) in [5, 5.41) is 5.29. The normalized spacial score (nSPS) is 12.2. The Morgan fingerprint density at radius 3 is 2.58 bits per heavy atom. The molecule has 0 radical (unpaired) electrons. The van der Waals surface area contributed by atoms with Crippen LogP contribution in [0.25, 0.3) is 10.8 Å². The molecule has 0 saturated carbocycles. The molecule has 0 aromatic heterocycles. The number of ether oxygens (including phenoxy) is 1. The van der Waals surface area contributed by atoms with Gasteiger partial charge < -0.3 is 10.1 Å². The van der Waals surface area contributed by atoms with Crippen LogP contribution in [-0.4, -0.2) is 31.0 Å². The number of fused-ring (bicyclic) bond motifs is 1. The monoisotopic (exact) mass is 348 g/mol. The van der Waals surface area contributed by atoms with E-state index in [1.54, 1.807) is 7.11 Å². The van der Waals surface area contributed by atoms with E-state index < -0.39 is 0 Å². The van der Waals surface area contributed by atoms with Gasteiger partial charge in [0, 0.05) is 12.2 Å². The van der Waals surface area contributed by atoms with E-state index in [9.17, 15) is 4.79 Å². The van der Waals surface area contributed by atoms with Gasteiger partial charge in [-0.25, -0.2) is 0 Å². The number of methoxy groups -OCH3 is 1. The second-order valence-corrected chi connectivity index (χ2v) is 6.49. The number of hydrogen-bond donors (Lipinski definition) is 1. The molecule has 0 fully saturated rings. The Labute approximate surface area is 154 Å². The van der Waals surface area contributed by atoms with Crippen LogP contribution < -0.4 is 10.1 Å². The summed E-state index contributed by atoms with van der Waals surface area (Å²) in [4.78, 5) is 14.6. The lowest BCUT2D eigenvalue weighted by atomic mass is 10.1. The molecular weight excluding hydrogens is 324 g/mol. The number of anilines is 1. The van der Waals surface area contributed by atoms with Crippen molar-refractivity contribution in [2.24, 2.45) is 0 Å². The lowest BCUT2D eigenvalue weighted by molar-refractivity contribution is -0.120. The summed E-state index contributed by atoms with van der Waals surface area (Å²) >= 11 is 0. The third-order valence-corrected chi connectivity index (χ3v) is 4.62. The Kier molecular flexibility index (Phi) is 5.54. The van der Waals surface area contributed by atoms with Gasteiger partial charge in [0.1, 0.15) is 5.75 Å². The summed E-state index contributed by atoms with van der Waals surface area (Å²) < 4.78 is 5.26. The van der Waals surface area contributed by atoms with Crippen LogP contribution in [0.4, 0.5) is 5.69 Å². The first-order valence-corrected chi connectivity index (χ1v) is 8.69. The SMILES string of the molecule is COc1cccc(CN(C)[C@H](C)C(=O)Nc2ccc3ccccc3c2)c1. The molecule has 0 aliphatic carbocycles. The van der Waals surface area contributed by atoms with E-state index in [0.717, 1.165) is 27.8 Å². The third kappa shape index (κ3) is 4.21. The van der Waals surface area contributed by atoms with Crippen LogP contribution in [0.3, 0.4) is 0 Å². The van der Waals surface area contributed by atoms with Crippen molar-refractivity contribution < 1.29 is 9.53 Å². The van der Waals surface area contributed by atoms with Crippen molar-refractivity contribution in [1.82, 2.24) is 4.90 Å². The van der Waals surface area contributed by atoms with E-state index in [1.807, 2.05) is 79.5 Å². The van der Waals surface area contributed by atoms with Crippen molar-refractivity contribution in [3.05, 3.63) is 72.3 Å². The summed E-state index contributed by atoms with van der Waals surface area (Å²) in [6, 6.07) is 21.7. The molecule has 0 unspecified atom stereocenters. The Morgan fingerprint density at radius 2 is 1.81 bits per heavy atom. The molecule has 3 aromatic carbocycles. The first-order chi connectivity index (χ1) is 12.6. The molecule has 1 amide bonds. The van der Waals surface area contributed by atoms with E-state index in [1.165, 1.54) is 0 Å². The molecule has 1 N–H and O–H groups in total. The molecular formula is C22H24N2O2. The predicted octanol–water partition coefficient (Wildman–Crippen LogP) is 4.31. The van der Waals surface area contributed by atoms with Crippen molar-refractivity contribution in [1.29, 1.82) is 0 Å². The second kappa shape index (κ2) is 8.02. The van der Waals surface area contributed by atoms with E-state index in [2.05, 4.69) is 11.4 Å². The maximum atomic E-state index is 12.6. The molecule has 0 spiro atoms. The zero-order valence-electron chi connectivity index (χ0n) is 15.4.